The Hall–Kier alpha value is -1.14. The maximum atomic E-state index is 11.0. The van der Waals surface area contributed by atoms with Crippen LogP contribution < -0.4 is 10.2 Å². The average Bonchev–Trinajstić information content (AvgIpc) is 2.47. The smallest absolute Gasteiger partial charge is 0.273 e. The lowest BCUT2D eigenvalue weighted by Crippen LogP contribution is -2.43. The molecule has 1 aromatic rings. The van der Waals surface area contributed by atoms with Crippen molar-refractivity contribution in [2.24, 2.45) is 0 Å². The van der Waals surface area contributed by atoms with E-state index in [0.717, 1.165) is 29.8 Å². The van der Waals surface area contributed by atoms with Crippen LogP contribution in [0.1, 0.15) is 31.7 Å². The minimum Gasteiger partial charge on any atom is -0.369 e. The molecule has 0 amide bonds. The quantitative estimate of drug-likeness (QED) is 0.647. The standard InChI is InChI=1S/C15H22BrN3O2/c1-3-18(10-12-6-4-5-7-17-12)15-8-11(2)14(19(20)21)9-13(15)16/h8-9,12,17H,3-7,10H2,1-2H3. The van der Waals surface area contributed by atoms with E-state index in [4.69, 9.17) is 0 Å². The minimum absolute atomic E-state index is 0.164. The molecule has 1 unspecified atom stereocenters. The normalized spacial score (nSPS) is 18.5. The molecule has 1 N–H and O–H groups in total. The highest BCUT2D eigenvalue weighted by Crippen LogP contribution is 2.33. The number of hydrogen-bond acceptors (Lipinski definition) is 4. The third kappa shape index (κ3) is 3.95. The molecule has 0 bridgehead atoms. The fraction of sp³-hybridized carbons (Fsp3) is 0.600. The number of nitrogens with one attached hydrogen (secondary N) is 1. The molecule has 0 aromatic heterocycles. The Kier molecular flexibility index (Phi) is 5.58. The minimum atomic E-state index is -0.331. The Morgan fingerprint density at radius 1 is 1.48 bits per heavy atom. The second kappa shape index (κ2) is 7.22. The Bertz CT molecular complexity index is 516. The lowest BCUT2D eigenvalue weighted by atomic mass is 10.0. The molecule has 0 spiro atoms. The number of rotatable bonds is 5. The molecule has 1 saturated heterocycles. The Labute approximate surface area is 134 Å². The molecule has 116 valence electrons. The van der Waals surface area contributed by atoms with Gasteiger partial charge < -0.3 is 10.2 Å². The van der Waals surface area contributed by atoms with Crippen LogP contribution in [0.3, 0.4) is 0 Å². The van der Waals surface area contributed by atoms with Gasteiger partial charge in [0.25, 0.3) is 5.69 Å². The summed E-state index contributed by atoms with van der Waals surface area (Å²) in [6.07, 6.45) is 3.72. The molecule has 1 aliphatic heterocycles. The Morgan fingerprint density at radius 3 is 2.81 bits per heavy atom. The largest absolute Gasteiger partial charge is 0.369 e. The van der Waals surface area contributed by atoms with Crippen LogP contribution >= 0.6 is 15.9 Å². The third-order valence-electron chi connectivity index (χ3n) is 4.04. The summed E-state index contributed by atoms with van der Waals surface area (Å²) in [5.41, 5.74) is 1.90. The molecule has 0 saturated carbocycles. The SMILES string of the molecule is CCN(CC1CCCCN1)c1cc(C)c([N+](=O)[O-])cc1Br. The number of nitro groups is 1. The van der Waals surface area contributed by atoms with Crippen LogP contribution in [0.25, 0.3) is 0 Å². The second-order valence-electron chi connectivity index (χ2n) is 5.53. The summed E-state index contributed by atoms with van der Waals surface area (Å²) in [4.78, 5) is 13.0. The van der Waals surface area contributed by atoms with Crippen molar-refractivity contribution in [1.82, 2.24) is 5.32 Å². The highest BCUT2D eigenvalue weighted by molar-refractivity contribution is 9.10. The number of anilines is 1. The lowest BCUT2D eigenvalue weighted by molar-refractivity contribution is -0.385. The monoisotopic (exact) mass is 355 g/mol. The second-order valence-corrected chi connectivity index (χ2v) is 6.39. The van der Waals surface area contributed by atoms with E-state index in [9.17, 15) is 10.1 Å². The zero-order valence-corrected chi connectivity index (χ0v) is 14.1. The topological polar surface area (TPSA) is 58.4 Å². The summed E-state index contributed by atoms with van der Waals surface area (Å²) >= 11 is 3.49. The first-order valence-corrected chi connectivity index (χ1v) is 8.25. The van der Waals surface area contributed by atoms with Crippen molar-refractivity contribution in [2.75, 3.05) is 24.5 Å². The average molecular weight is 356 g/mol. The predicted molar refractivity (Wildman–Crippen MR) is 89.1 cm³/mol. The summed E-state index contributed by atoms with van der Waals surface area (Å²) in [7, 11) is 0. The van der Waals surface area contributed by atoms with E-state index >= 15 is 0 Å². The fourth-order valence-corrected chi connectivity index (χ4v) is 3.42. The Balaban J connectivity index is 2.21. The van der Waals surface area contributed by atoms with Crippen molar-refractivity contribution in [1.29, 1.82) is 0 Å². The van der Waals surface area contributed by atoms with Gasteiger partial charge in [-0.3, -0.25) is 10.1 Å². The third-order valence-corrected chi connectivity index (χ3v) is 4.67. The number of nitro benzene ring substituents is 1. The van der Waals surface area contributed by atoms with Crippen LogP contribution in [0.2, 0.25) is 0 Å². The predicted octanol–water partition coefficient (Wildman–Crippen LogP) is 3.63. The van der Waals surface area contributed by atoms with Crippen molar-refractivity contribution >= 4 is 27.3 Å². The van der Waals surface area contributed by atoms with E-state index in [1.165, 1.54) is 19.3 Å². The number of likely N-dealkylation sites (N-methyl/N-ethyl adjacent to an activating group) is 1. The first-order valence-electron chi connectivity index (χ1n) is 7.45. The van der Waals surface area contributed by atoms with Gasteiger partial charge in [-0.25, -0.2) is 0 Å². The van der Waals surface area contributed by atoms with Crippen molar-refractivity contribution in [3.05, 3.63) is 32.3 Å². The molecule has 1 heterocycles. The first-order chi connectivity index (χ1) is 10.0. The first kappa shape index (κ1) is 16.2. The van der Waals surface area contributed by atoms with E-state index in [0.29, 0.717) is 11.6 Å². The van der Waals surface area contributed by atoms with E-state index < -0.39 is 0 Å². The van der Waals surface area contributed by atoms with Crippen molar-refractivity contribution in [3.63, 3.8) is 0 Å². The lowest BCUT2D eigenvalue weighted by Gasteiger charge is -2.32. The van der Waals surface area contributed by atoms with E-state index in [2.05, 4.69) is 33.1 Å². The van der Waals surface area contributed by atoms with Crippen LogP contribution in [0.5, 0.6) is 0 Å². The zero-order chi connectivity index (χ0) is 15.4. The van der Waals surface area contributed by atoms with Gasteiger partial charge in [0.15, 0.2) is 0 Å². The van der Waals surface area contributed by atoms with Crippen LogP contribution in [0.15, 0.2) is 16.6 Å². The molecule has 0 radical (unpaired) electrons. The molecule has 6 heteroatoms. The van der Waals surface area contributed by atoms with Gasteiger partial charge in [-0.15, -0.1) is 0 Å². The van der Waals surface area contributed by atoms with Gasteiger partial charge in [0, 0.05) is 35.2 Å². The molecule has 21 heavy (non-hydrogen) atoms. The van der Waals surface area contributed by atoms with Gasteiger partial charge in [0.05, 0.1) is 10.6 Å². The van der Waals surface area contributed by atoms with Crippen LogP contribution in [0.4, 0.5) is 11.4 Å². The van der Waals surface area contributed by atoms with Crippen LogP contribution in [-0.4, -0.2) is 30.6 Å². The van der Waals surface area contributed by atoms with Gasteiger partial charge >= 0.3 is 0 Å². The van der Waals surface area contributed by atoms with Crippen molar-refractivity contribution in [2.45, 2.75) is 39.2 Å². The van der Waals surface area contributed by atoms with E-state index in [1.807, 2.05) is 6.07 Å². The van der Waals surface area contributed by atoms with Gasteiger partial charge in [-0.05, 0) is 55.2 Å². The maximum absolute atomic E-state index is 11.0. The molecule has 2 rings (SSSR count). The molecule has 1 aromatic carbocycles. The summed E-state index contributed by atoms with van der Waals surface area (Å²) < 4.78 is 0.789. The number of aryl methyl sites for hydroxylation is 1. The molecular weight excluding hydrogens is 334 g/mol. The molecular formula is C15H22BrN3O2. The van der Waals surface area contributed by atoms with Gasteiger partial charge in [-0.1, -0.05) is 6.42 Å². The van der Waals surface area contributed by atoms with Crippen molar-refractivity contribution < 1.29 is 4.92 Å². The molecule has 0 aliphatic carbocycles. The van der Waals surface area contributed by atoms with Gasteiger partial charge in [0.2, 0.25) is 0 Å². The van der Waals surface area contributed by atoms with Gasteiger partial charge in [0.1, 0.15) is 0 Å². The van der Waals surface area contributed by atoms with E-state index in [1.54, 1.807) is 13.0 Å². The number of hydrogen-bond donors (Lipinski definition) is 1. The number of nitrogens with zero attached hydrogens (tertiary/aromatic N) is 2. The zero-order valence-electron chi connectivity index (χ0n) is 12.6. The maximum Gasteiger partial charge on any atom is 0.273 e. The molecule has 1 fully saturated rings. The highest BCUT2D eigenvalue weighted by Gasteiger charge is 2.20. The molecule has 1 aliphatic rings. The van der Waals surface area contributed by atoms with Crippen LogP contribution in [0, 0.1) is 17.0 Å². The van der Waals surface area contributed by atoms with E-state index in [-0.39, 0.29) is 10.6 Å². The summed E-state index contributed by atoms with van der Waals surface area (Å²) in [5.74, 6) is 0. The number of halogens is 1. The van der Waals surface area contributed by atoms with Crippen molar-refractivity contribution in [3.8, 4) is 0 Å². The molecule has 1 atom stereocenters. The fourth-order valence-electron chi connectivity index (χ4n) is 2.84. The highest BCUT2D eigenvalue weighted by atomic mass is 79.9. The number of benzene rings is 1. The summed E-state index contributed by atoms with van der Waals surface area (Å²) in [6.45, 7) is 6.82. The number of piperidine rings is 1. The molecule has 5 nitrogen and oxygen atoms in total. The summed E-state index contributed by atoms with van der Waals surface area (Å²) in [6, 6.07) is 4.02. The van der Waals surface area contributed by atoms with Crippen LogP contribution in [-0.2, 0) is 0 Å². The Morgan fingerprint density at radius 2 is 2.24 bits per heavy atom. The van der Waals surface area contributed by atoms with Gasteiger partial charge in [-0.2, -0.15) is 0 Å². The summed E-state index contributed by atoms with van der Waals surface area (Å²) in [5, 5.41) is 14.6.